The molecule has 9 nitrogen and oxygen atoms in total. The molecule has 0 bridgehead atoms. The number of carbonyl (C=O) groups is 4. The molecular weight excluding hydrogens is 553 g/mol. The summed E-state index contributed by atoms with van der Waals surface area (Å²) in [7, 11) is 1.24. The Kier molecular flexibility index (Phi) is 11.6. The lowest BCUT2D eigenvalue weighted by atomic mass is 9.74. The van der Waals surface area contributed by atoms with Crippen LogP contribution in [-0.4, -0.2) is 46.1 Å². The van der Waals surface area contributed by atoms with Gasteiger partial charge in [0, 0.05) is 25.1 Å². The fourth-order valence-corrected chi connectivity index (χ4v) is 5.84. The van der Waals surface area contributed by atoms with Gasteiger partial charge in [0.05, 0.1) is 25.1 Å². The summed E-state index contributed by atoms with van der Waals surface area (Å²) in [5, 5.41) is 6.91. The fourth-order valence-electron chi connectivity index (χ4n) is 5.84. The first-order valence-electron chi connectivity index (χ1n) is 15.2. The molecule has 1 amide bonds. The second kappa shape index (κ2) is 14.8. The summed E-state index contributed by atoms with van der Waals surface area (Å²) in [4.78, 5) is 51.9. The Balaban J connectivity index is 1.79. The number of hydrogen-bond donors (Lipinski definition) is 1. The highest BCUT2D eigenvalue weighted by molar-refractivity contribution is 6.00. The van der Waals surface area contributed by atoms with Crippen LogP contribution in [0.3, 0.4) is 0 Å². The molecule has 1 aromatic carbocycles. The molecule has 1 fully saturated rings. The molecule has 10 heteroatoms. The van der Waals surface area contributed by atoms with Crippen LogP contribution in [0.4, 0.5) is 10.1 Å². The third-order valence-corrected chi connectivity index (χ3v) is 8.36. The van der Waals surface area contributed by atoms with E-state index in [0.29, 0.717) is 23.7 Å². The molecule has 0 unspecified atom stereocenters. The van der Waals surface area contributed by atoms with E-state index in [1.807, 2.05) is 6.92 Å². The maximum atomic E-state index is 15.4. The predicted octanol–water partition coefficient (Wildman–Crippen LogP) is 6.32. The minimum atomic E-state index is -0.889. The van der Waals surface area contributed by atoms with Crippen molar-refractivity contribution in [2.75, 3.05) is 12.4 Å². The van der Waals surface area contributed by atoms with E-state index in [1.54, 1.807) is 50.7 Å². The van der Waals surface area contributed by atoms with Crippen molar-refractivity contribution < 1.29 is 33.0 Å². The van der Waals surface area contributed by atoms with Crippen molar-refractivity contribution in [3.63, 3.8) is 0 Å². The highest BCUT2D eigenvalue weighted by atomic mass is 19.1. The second-order valence-corrected chi connectivity index (χ2v) is 12.7. The summed E-state index contributed by atoms with van der Waals surface area (Å²) in [6.45, 7) is 11.5. The van der Waals surface area contributed by atoms with Gasteiger partial charge in [-0.05, 0) is 82.1 Å². The lowest BCUT2D eigenvalue weighted by molar-refractivity contribution is -0.161. The number of carbonyl (C=O) groups excluding carboxylic acids is 4. The average Bonchev–Trinajstić information content (AvgIpc) is 3.43. The summed E-state index contributed by atoms with van der Waals surface area (Å²) in [6.07, 6.45) is 4.96. The molecular formula is C33H46FN3O6. The van der Waals surface area contributed by atoms with Crippen LogP contribution in [-0.2, 0) is 30.4 Å². The molecule has 2 aromatic rings. The summed E-state index contributed by atoms with van der Waals surface area (Å²) in [5.74, 6) is -3.90. The van der Waals surface area contributed by atoms with Gasteiger partial charge < -0.3 is 14.8 Å². The number of nitrogens with zero attached hydrogens (tertiary/aromatic N) is 2. The highest BCUT2D eigenvalue weighted by Gasteiger charge is 2.35. The number of esters is 2. The summed E-state index contributed by atoms with van der Waals surface area (Å²) >= 11 is 0. The normalized spacial score (nSPS) is 19.2. The van der Waals surface area contributed by atoms with Crippen molar-refractivity contribution >= 4 is 29.3 Å². The number of anilines is 1. The minimum absolute atomic E-state index is 0.00849. The number of rotatable bonds is 12. The summed E-state index contributed by atoms with van der Waals surface area (Å²) in [6, 6.07) is 5.99. The molecule has 3 rings (SSSR count). The van der Waals surface area contributed by atoms with Crippen molar-refractivity contribution in [3.05, 3.63) is 47.5 Å². The van der Waals surface area contributed by atoms with Gasteiger partial charge in [0.2, 0.25) is 5.91 Å². The van der Waals surface area contributed by atoms with Crippen LogP contribution in [0.1, 0.15) is 102 Å². The number of amides is 1. The lowest BCUT2D eigenvalue weighted by Crippen LogP contribution is -2.34. The minimum Gasteiger partial charge on any atom is -0.469 e. The third-order valence-electron chi connectivity index (χ3n) is 8.36. The van der Waals surface area contributed by atoms with Crippen LogP contribution in [0.25, 0.3) is 0 Å². The Hall–Kier alpha value is -3.56. The molecule has 1 aromatic heterocycles. The first kappa shape index (κ1) is 33.9. The third kappa shape index (κ3) is 9.21. The predicted molar refractivity (Wildman–Crippen MR) is 161 cm³/mol. The van der Waals surface area contributed by atoms with Crippen LogP contribution in [0.5, 0.6) is 0 Å². The van der Waals surface area contributed by atoms with Gasteiger partial charge in [-0.15, -0.1) is 0 Å². The van der Waals surface area contributed by atoms with E-state index >= 15 is 4.39 Å². The van der Waals surface area contributed by atoms with Crippen molar-refractivity contribution in [2.45, 2.75) is 98.1 Å². The van der Waals surface area contributed by atoms with Crippen LogP contribution in [0.15, 0.2) is 30.5 Å². The van der Waals surface area contributed by atoms with Crippen LogP contribution in [0.2, 0.25) is 0 Å². The summed E-state index contributed by atoms with van der Waals surface area (Å²) in [5.41, 5.74) is 0.196. The molecule has 1 heterocycles. The molecule has 43 heavy (non-hydrogen) atoms. The fraction of sp³-hybridized carbons (Fsp3) is 0.606. The van der Waals surface area contributed by atoms with Gasteiger partial charge >= 0.3 is 11.9 Å². The van der Waals surface area contributed by atoms with E-state index in [-0.39, 0.29) is 30.2 Å². The molecule has 0 spiro atoms. The smallest absolute Gasteiger partial charge is 0.309 e. The first-order valence-corrected chi connectivity index (χ1v) is 15.2. The van der Waals surface area contributed by atoms with Crippen molar-refractivity contribution in [3.8, 4) is 0 Å². The molecule has 1 saturated carbocycles. The van der Waals surface area contributed by atoms with Crippen LogP contribution in [0, 0.1) is 29.5 Å². The van der Waals surface area contributed by atoms with E-state index in [4.69, 9.17) is 9.47 Å². The van der Waals surface area contributed by atoms with Gasteiger partial charge in [-0.3, -0.25) is 23.9 Å². The topological polar surface area (TPSA) is 117 Å². The number of benzene rings is 1. The van der Waals surface area contributed by atoms with Gasteiger partial charge in [0.15, 0.2) is 5.78 Å². The number of aromatic nitrogens is 2. The first-order chi connectivity index (χ1) is 20.2. The van der Waals surface area contributed by atoms with Crippen molar-refractivity contribution in [2.24, 2.45) is 23.7 Å². The summed E-state index contributed by atoms with van der Waals surface area (Å²) < 4.78 is 27.4. The second-order valence-electron chi connectivity index (χ2n) is 12.7. The van der Waals surface area contributed by atoms with E-state index in [0.717, 1.165) is 25.7 Å². The van der Waals surface area contributed by atoms with E-state index in [1.165, 1.54) is 19.2 Å². The number of methoxy groups -OCH3 is 1. The van der Waals surface area contributed by atoms with Gasteiger partial charge in [0.1, 0.15) is 17.1 Å². The zero-order chi connectivity index (χ0) is 31.9. The molecule has 1 aliphatic rings. The Morgan fingerprint density at radius 1 is 1.09 bits per heavy atom. The highest BCUT2D eigenvalue weighted by Crippen LogP contribution is 2.37. The van der Waals surface area contributed by atoms with Crippen LogP contribution >= 0.6 is 0 Å². The number of ketones is 1. The largest absolute Gasteiger partial charge is 0.469 e. The molecule has 0 aliphatic heterocycles. The average molecular weight is 600 g/mol. The van der Waals surface area contributed by atoms with E-state index in [9.17, 15) is 19.2 Å². The van der Waals surface area contributed by atoms with Gasteiger partial charge in [-0.2, -0.15) is 5.10 Å². The van der Waals surface area contributed by atoms with Gasteiger partial charge in [0.25, 0.3) is 0 Å². The number of aryl methyl sites for hydroxylation is 1. The lowest BCUT2D eigenvalue weighted by Gasteiger charge is -2.32. The maximum Gasteiger partial charge on any atom is 0.309 e. The van der Waals surface area contributed by atoms with E-state index < -0.39 is 47.0 Å². The molecule has 236 valence electrons. The number of ether oxygens (including phenoxy) is 2. The Morgan fingerprint density at radius 3 is 2.35 bits per heavy atom. The maximum absolute atomic E-state index is 15.4. The molecule has 1 aliphatic carbocycles. The zero-order valence-corrected chi connectivity index (χ0v) is 26.4. The zero-order valence-electron chi connectivity index (χ0n) is 26.4. The number of nitrogens with one attached hydrogen (secondary N) is 1. The number of halogens is 1. The standard InChI is InChI=1S/C33H46FN3O6/c1-8-37-28(15-16-35-37)29(38)18-25(22-11-9-20(2)10-12-22)31(40)36-27-14-13-23(17-26(27)34)21(3)24(32(41)42-7)19-30(39)43-33(4,5)6/h13-17,20-22,24-25H,8-12,18-19H2,1-7H3,(H,36,40)/t20?,21-,22?,24+,25-/m0/s1. The molecule has 3 atom stereocenters. The van der Waals surface area contributed by atoms with Gasteiger partial charge in [-0.25, -0.2) is 4.39 Å². The van der Waals surface area contributed by atoms with Crippen molar-refractivity contribution in [1.82, 2.24) is 9.78 Å². The molecule has 0 radical (unpaired) electrons. The molecule has 1 N–H and O–H groups in total. The van der Waals surface area contributed by atoms with Gasteiger partial charge in [-0.1, -0.05) is 32.8 Å². The SMILES string of the molecule is CCn1nccc1C(=O)C[C@H](C(=O)Nc1ccc([C@H](C)[C@@H](CC(=O)OC(C)(C)C)C(=O)OC)cc1F)C1CCC(C)CC1. The number of Topliss-reactive ketones (excluding diaryl/α,β-unsaturated/α-hetero) is 1. The quantitative estimate of drug-likeness (QED) is 0.224. The Labute approximate surface area is 253 Å². The van der Waals surface area contributed by atoms with Crippen LogP contribution < -0.4 is 5.32 Å². The molecule has 0 saturated heterocycles. The van der Waals surface area contributed by atoms with E-state index in [2.05, 4.69) is 17.3 Å². The Bertz CT molecular complexity index is 1290. The monoisotopic (exact) mass is 599 g/mol. The number of hydrogen-bond acceptors (Lipinski definition) is 7. The Morgan fingerprint density at radius 2 is 1.77 bits per heavy atom. The van der Waals surface area contributed by atoms with Crippen molar-refractivity contribution in [1.29, 1.82) is 0 Å².